The minimum Gasteiger partial charge on any atom is -0.395 e. The number of likely N-dealkylation sites (tertiary alicyclic amines) is 1. The Bertz CT molecular complexity index is 246. The molecule has 0 aromatic carbocycles. The van der Waals surface area contributed by atoms with Crippen molar-refractivity contribution in [1.29, 1.82) is 0 Å². The van der Waals surface area contributed by atoms with Crippen LogP contribution >= 0.6 is 0 Å². The van der Waals surface area contributed by atoms with Crippen LogP contribution in [0.3, 0.4) is 0 Å². The van der Waals surface area contributed by atoms with Crippen LogP contribution < -0.4 is 0 Å². The van der Waals surface area contributed by atoms with Gasteiger partial charge in [0.1, 0.15) is 12.2 Å². The quantitative estimate of drug-likeness (QED) is 0.457. The molecule has 6 heteroatoms. The molecular formula is C11H21NO5. The monoisotopic (exact) mass is 247 g/mol. The van der Waals surface area contributed by atoms with Gasteiger partial charge in [-0.2, -0.15) is 0 Å². The van der Waals surface area contributed by atoms with Gasteiger partial charge < -0.3 is 25.2 Å². The summed E-state index contributed by atoms with van der Waals surface area (Å²) in [4.78, 5) is 1.80. The molecule has 0 aromatic heterocycles. The van der Waals surface area contributed by atoms with Gasteiger partial charge in [-0.25, -0.2) is 0 Å². The van der Waals surface area contributed by atoms with Crippen molar-refractivity contribution in [2.45, 2.75) is 43.3 Å². The molecule has 17 heavy (non-hydrogen) atoms. The van der Waals surface area contributed by atoms with Gasteiger partial charge in [-0.15, -0.1) is 0 Å². The fourth-order valence-electron chi connectivity index (χ4n) is 2.64. The lowest BCUT2D eigenvalue weighted by molar-refractivity contribution is -0.150. The Balaban J connectivity index is 1.98. The summed E-state index contributed by atoms with van der Waals surface area (Å²) in [6.45, 7) is 1.34. The van der Waals surface area contributed by atoms with E-state index < -0.39 is 24.4 Å². The van der Waals surface area contributed by atoms with E-state index in [0.717, 1.165) is 19.4 Å². The summed E-state index contributed by atoms with van der Waals surface area (Å²) >= 11 is 0. The van der Waals surface area contributed by atoms with Gasteiger partial charge in [-0.1, -0.05) is 0 Å². The van der Waals surface area contributed by atoms with Crippen molar-refractivity contribution in [3.63, 3.8) is 0 Å². The number of nitrogens with zero attached hydrogens (tertiary/aromatic N) is 1. The first-order valence-corrected chi connectivity index (χ1v) is 6.14. The Hall–Kier alpha value is -0.240. The Morgan fingerprint density at radius 2 is 1.94 bits per heavy atom. The van der Waals surface area contributed by atoms with Crippen LogP contribution in [0.25, 0.3) is 0 Å². The van der Waals surface area contributed by atoms with Gasteiger partial charge in [0, 0.05) is 19.7 Å². The van der Waals surface area contributed by atoms with Crippen LogP contribution in [-0.2, 0) is 4.74 Å². The van der Waals surface area contributed by atoms with Crippen LogP contribution in [0, 0.1) is 0 Å². The third-order valence-corrected chi connectivity index (χ3v) is 3.68. The minimum absolute atomic E-state index is 0.0960. The van der Waals surface area contributed by atoms with Crippen LogP contribution in [0.5, 0.6) is 0 Å². The summed E-state index contributed by atoms with van der Waals surface area (Å²) in [5, 5.41) is 38.3. The van der Waals surface area contributed by atoms with Crippen LogP contribution in [0.4, 0.5) is 0 Å². The van der Waals surface area contributed by atoms with Gasteiger partial charge in [-0.3, -0.25) is 4.90 Å². The van der Waals surface area contributed by atoms with Gasteiger partial charge in [-0.05, 0) is 12.8 Å². The van der Waals surface area contributed by atoms with E-state index >= 15 is 0 Å². The number of ether oxygens (including phenoxy) is 1. The maximum absolute atomic E-state index is 9.80. The van der Waals surface area contributed by atoms with E-state index in [-0.39, 0.29) is 19.3 Å². The minimum atomic E-state index is -1.19. The van der Waals surface area contributed by atoms with Crippen molar-refractivity contribution in [1.82, 2.24) is 4.90 Å². The number of rotatable bonds is 3. The standard InChI is InChI=1S/C11H21NO5/c13-6-8-10(15)11(16)9(14)5-12(8)4-7-2-1-3-17-7/h7-11,13-16H,1-6H2/t7-,8+,9-,10+,11+/m0/s1. The zero-order valence-corrected chi connectivity index (χ0v) is 9.77. The molecule has 0 bridgehead atoms. The smallest absolute Gasteiger partial charge is 0.109 e. The van der Waals surface area contributed by atoms with Crippen molar-refractivity contribution in [2.24, 2.45) is 0 Å². The van der Waals surface area contributed by atoms with E-state index in [0.29, 0.717) is 6.54 Å². The van der Waals surface area contributed by atoms with Crippen molar-refractivity contribution < 1.29 is 25.2 Å². The molecule has 2 heterocycles. The van der Waals surface area contributed by atoms with Crippen molar-refractivity contribution in [3.8, 4) is 0 Å². The molecule has 6 nitrogen and oxygen atoms in total. The maximum Gasteiger partial charge on any atom is 0.109 e. The highest BCUT2D eigenvalue weighted by Crippen LogP contribution is 2.22. The maximum atomic E-state index is 9.80. The van der Waals surface area contributed by atoms with Gasteiger partial charge in [0.25, 0.3) is 0 Å². The zero-order valence-electron chi connectivity index (χ0n) is 9.77. The molecule has 2 saturated heterocycles. The number of β-amino-alcohol motifs (C(OH)–C–C–N with tert-alkyl or cyclic N) is 1. The lowest BCUT2D eigenvalue weighted by Crippen LogP contribution is -2.63. The molecule has 2 aliphatic heterocycles. The Kier molecular flexibility index (Phi) is 4.35. The van der Waals surface area contributed by atoms with Gasteiger partial charge in [0.15, 0.2) is 0 Å². The second-order valence-electron chi connectivity index (χ2n) is 4.89. The molecule has 0 aromatic rings. The largest absolute Gasteiger partial charge is 0.395 e. The molecule has 0 aliphatic carbocycles. The molecule has 0 saturated carbocycles. The molecule has 5 atom stereocenters. The van der Waals surface area contributed by atoms with Crippen molar-refractivity contribution in [3.05, 3.63) is 0 Å². The van der Waals surface area contributed by atoms with Gasteiger partial charge >= 0.3 is 0 Å². The van der Waals surface area contributed by atoms with E-state index in [9.17, 15) is 20.4 Å². The number of piperidine rings is 1. The third kappa shape index (κ3) is 2.78. The number of hydrogen-bond donors (Lipinski definition) is 4. The van der Waals surface area contributed by atoms with Gasteiger partial charge in [0.05, 0.1) is 24.9 Å². The molecule has 2 fully saturated rings. The molecule has 0 spiro atoms. The molecule has 0 amide bonds. The molecule has 0 unspecified atom stereocenters. The highest BCUT2D eigenvalue weighted by molar-refractivity contribution is 4.95. The number of aliphatic hydroxyl groups is 4. The highest BCUT2D eigenvalue weighted by atomic mass is 16.5. The van der Waals surface area contributed by atoms with Crippen LogP contribution in [0.2, 0.25) is 0 Å². The first-order valence-electron chi connectivity index (χ1n) is 6.14. The summed E-state index contributed by atoms with van der Waals surface area (Å²) in [7, 11) is 0. The van der Waals surface area contributed by atoms with E-state index in [1.54, 1.807) is 4.90 Å². The number of aliphatic hydroxyl groups excluding tert-OH is 4. The third-order valence-electron chi connectivity index (χ3n) is 3.68. The molecule has 2 rings (SSSR count). The molecule has 0 radical (unpaired) electrons. The number of hydrogen-bond acceptors (Lipinski definition) is 6. The fourth-order valence-corrected chi connectivity index (χ4v) is 2.64. The van der Waals surface area contributed by atoms with Crippen molar-refractivity contribution >= 4 is 0 Å². The van der Waals surface area contributed by atoms with E-state index in [1.165, 1.54) is 0 Å². The van der Waals surface area contributed by atoms with E-state index in [4.69, 9.17) is 4.74 Å². The lowest BCUT2D eigenvalue weighted by atomic mass is 9.94. The highest BCUT2D eigenvalue weighted by Gasteiger charge is 2.41. The Morgan fingerprint density at radius 3 is 2.53 bits per heavy atom. The topological polar surface area (TPSA) is 93.4 Å². The van der Waals surface area contributed by atoms with Gasteiger partial charge in [0.2, 0.25) is 0 Å². The second kappa shape index (κ2) is 5.60. The average molecular weight is 247 g/mol. The summed E-state index contributed by atoms with van der Waals surface area (Å²) in [6, 6.07) is -0.530. The Labute approximate surface area is 100 Å². The van der Waals surface area contributed by atoms with Crippen molar-refractivity contribution in [2.75, 3.05) is 26.3 Å². The normalized spacial score (nSPS) is 44.1. The SMILES string of the molecule is OC[C@@H]1[C@@H](O)[C@H](O)[C@@H](O)CN1C[C@@H]1CCCO1. The second-order valence-corrected chi connectivity index (χ2v) is 4.89. The molecule has 2 aliphatic rings. The summed E-state index contributed by atoms with van der Waals surface area (Å²) < 4.78 is 5.50. The van der Waals surface area contributed by atoms with Crippen LogP contribution in [0.1, 0.15) is 12.8 Å². The fraction of sp³-hybridized carbons (Fsp3) is 1.00. The predicted octanol–water partition coefficient (Wildman–Crippen LogP) is -2.08. The first kappa shape index (κ1) is 13.2. The summed E-state index contributed by atoms with van der Waals surface area (Å²) in [6.07, 6.45) is -1.20. The molecular weight excluding hydrogens is 226 g/mol. The van der Waals surface area contributed by atoms with Crippen LogP contribution in [-0.4, -0.2) is 82.1 Å². The molecule has 4 N–H and O–H groups in total. The first-order chi connectivity index (χ1) is 8.13. The zero-order chi connectivity index (χ0) is 12.4. The lowest BCUT2D eigenvalue weighted by Gasteiger charge is -2.43. The molecule has 100 valence electrons. The summed E-state index contributed by atoms with van der Waals surface area (Å²) in [5.74, 6) is 0. The summed E-state index contributed by atoms with van der Waals surface area (Å²) in [5.41, 5.74) is 0. The predicted molar refractivity (Wildman–Crippen MR) is 59.4 cm³/mol. The average Bonchev–Trinajstić information content (AvgIpc) is 2.79. The Morgan fingerprint density at radius 1 is 1.18 bits per heavy atom. The van der Waals surface area contributed by atoms with E-state index in [1.807, 2.05) is 0 Å². The van der Waals surface area contributed by atoms with Crippen LogP contribution in [0.15, 0.2) is 0 Å². The van der Waals surface area contributed by atoms with E-state index in [2.05, 4.69) is 0 Å².